The summed E-state index contributed by atoms with van der Waals surface area (Å²) in [6.45, 7) is 7.35. The lowest BCUT2D eigenvalue weighted by atomic mass is 9.74. The highest BCUT2D eigenvalue weighted by molar-refractivity contribution is 6.35. The third-order valence-corrected chi connectivity index (χ3v) is 1.20. The third kappa shape index (κ3) is 5.86. The second-order valence-electron chi connectivity index (χ2n) is 2.19. The van der Waals surface area contributed by atoms with Gasteiger partial charge >= 0.3 is 0 Å². The zero-order valence-electron chi connectivity index (χ0n) is 6.57. The molecule has 2 nitrogen and oxygen atoms in total. The average Bonchev–Trinajstić information content (AvgIpc) is 1.89. The van der Waals surface area contributed by atoms with Gasteiger partial charge in [0.2, 0.25) is 0 Å². The van der Waals surface area contributed by atoms with Crippen LogP contribution < -0.4 is 10.9 Å². The maximum atomic E-state index is 3.13. The Kier molecular flexibility index (Phi) is 6.10. The Hall–Kier alpha value is -0.0151. The van der Waals surface area contributed by atoms with Gasteiger partial charge in [-0.05, 0) is 12.4 Å². The number of hydrazine groups is 1. The molecule has 1 unspecified atom stereocenters. The molecule has 0 amide bonds. The fourth-order valence-corrected chi connectivity index (χ4v) is 0.441. The SMILES string of the molecule is C[B]C(C)NNCCC. The molecular weight excluding hydrogens is 111 g/mol. The highest BCUT2D eigenvalue weighted by atomic mass is 15.4. The second-order valence-corrected chi connectivity index (χ2v) is 2.19. The molecular formula is C6H16BN2. The minimum absolute atomic E-state index is 0.469. The van der Waals surface area contributed by atoms with Crippen LogP contribution in [0.5, 0.6) is 0 Å². The van der Waals surface area contributed by atoms with E-state index in [4.69, 9.17) is 0 Å². The molecule has 0 saturated carbocycles. The predicted octanol–water partition coefficient (Wildman–Crippen LogP) is 0.589. The molecule has 53 valence electrons. The van der Waals surface area contributed by atoms with Crippen LogP contribution in [0, 0.1) is 0 Å². The Morgan fingerprint density at radius 2 is 2.22 bits per heavy atom. The molecule has 0 aliphatic heterocycles. The van der Waals surface area contributed by atoms with Gasteiger partial charge in [0.1, 0.15) is 7.28 Å². The van der Waals surface area contributed by atoms with Crippen LogP contribution >= 0.6 is 0 Å². The van der Waals surface area contributed by atoms with E-state index in [1.54, 1.807) is 0 Å². The highest BCUT2D eigenvalue weighted by Crippen LogP contribution is 1.73. The van der Waals surface area contributed by atoms with Crippen LogP contribution in [0.2, 0.25) is 6.82 Å². The van der Waals surface area contributed by atoms with E-state index in [-0.39, 0.29) is 0 Å². The highest BCUT2D eigenvalue weighted by Gasteiger charge is 1.94. The summed E-state index contributed by atoms with van der Waals surface area (Å²) in [7, 11) is 2.11. The van der Waals surface area contributed by atoms with Crippen LogP contribution in [-0.4, -0.2) is 19.8 Å². The van der Waals surface area contributed by atoms with E-state index in [0.29, 0.717) is 5.94 Å². The summed E-state index contributed by atoms with van der Waals surface area (Å²) in [5.74, 6) is 0.469. The van der Waals surface area contributed by atoms with Gasteiger partial charge in [-0.3, -0.25) is 10.9 Å². The van der Waals surface area contributed by atoms with Crippen molar-refractivity contribution >= 4 is 7.28 Å². The smallest absolute Gasteiger partial charge is 0.130 e. The van der Waals surface area contributed by atoms with Crippen molar-refractivity contribution in [1.29, 1.82) is 0 Å². The van der Waals surface area contributed by atoms with Crippen LogP contribution in [0.4, 0.5) is 0 Å². The molecule has 0 aromatic carbocycles. The zero-order chi connectivity index (χ0) is 7.11. The van der Waals surface area contributed by atoms with E-state index in [1.807, 2.05) is 6.82 Å². The quantitative estimate of drug-likeness (QED) is 0.321. The zero-order valence-corrected chi connectivity index (χ0v) is 6.57. The van der Waals surface area contributed by atoms with Gasteiger partial charge in [-0.2, -0.15) is 0 Å². The Morgan fingerprint density at radius 1 is 1.56 bits per heavy atom. The minimum Gasteiger partial charge on any atom is -0.263 e. The number of rotatable bonds is 5. The number of hydrogen-bond donors (Lipinski definition) is 2. The van der Waals surface area contributed by atoms with E-state index in [2.05, 4.69) is 32.0 Å². The molecule has 2 N–H and O–H groups in total. The molecule has 0 spiro atoms. The molecule has 0 aliphatic carbocycles. The van der Waals surface area contributed by atoms with Gasteiger partial charge < -0.3 is 0 Å². The first-order valence-corrected chi connectivity index (χ1v) is 3.59. The largest absolute Gasteiger partial charge is 0.263 e. The molecule has 0 saturated heterocycles. The van der Waals surface area contributed by atoms with Crippen molar-refractivity contribution in [2.75, 3.05) is 6.54 Å². The van der Waals surface area contributed by atoms with Crippen molar-refractivity contribution in [1.82, 2.24) is 10.9 Å². The molecule has 0 heterocycles. The Labute approximate surface area is 58.6 Å². The van der Waals surface area contributed by atoms with Gasteiger partial charge in [0.15, 0.2) is 0 Å². The van der Waals surface area contributed by atoms with Crippen LogP contribution in [-0.2, 0) is 0 Å². The van der Waals surface area contributed by atoms with E-state index in [0.717, 1.165) is 6.54 Å². The summed E-state index contributed by atoms with van der Waals surface area (Å²) in [6.07, 6.45) is 1.17. The molecule has 9 heavy (non-hydrogen) atoms. The summed E-state index contributed by atoms with van der Waals surface area (Å²) in [5.41, 5.74) is 6.23. The summed E-state index contributed by atoms with van der Waals surface area (Å²) in [5, 5.41) is 0. The summed E-state index contributed by atoms with van der Waals surface area (Å²) in [4.78, 5) is 0. The van der Waals surface area contributed by atoms with Crippen molar-refractivity contribution in [2.24, 2.45) is 0 Å². The molecule has 0 aliphatic rings. The van der Waals surface area contributed by atoms with Crippen LogP contribution in [0.15, 0.2) is 0 Å². The first-order chi connectivity index (χ1) is 4.31. The van der Waals surface area contributed by atoms with E-state index >= 15 is 0 Å². The van der Waals surface area contributed by atoms with Crippen molar-refractivity contribution in [3.05, 3.63) is 0 Å². The molecule has 1 radical (unpaired) electrons. The second kappa shape index (κ2) is 6.11. The van der Waals surface area contributed by atoms with Crippen LogP contribution in [0.25, 0.3) is 0 Å². The van der Waals surface area contributed by atoms with Gasteiger partial charge in [-0.1, -0.05) is 20.7 Å². The predicted molar refractivity (Wildman–Crippen MR) is 42.5 cm³/mol. The van der Waals surface area contributed by atoms with Crippen LogP contribution in [0.1, 0.15) is 20.3 Å². The van der Waals surface area contributed by atoms with E-state index in [1.165, 1.54) is 6.42 Å². The Bertz CT molecular complexity index is 59.0. The normalized spacial score (nSPS) is 13.2. The number of hydrogen-bond acceptors (Lipinski definition) is 2. The molecule has 0 bridgehead atoms. The molecule has 0 fully saturated rings. The first kappa shape index (κ1) is 8.98. The Balaban J connectivity index is 2.88. The lowest BCUT2D eigenvalue weighted by Crippen LogP contribution is -2.41. The monoisotopic (exact) mass is 127 g/mol. The lowest BCUT2D eigenvalue weighted by Gasteiger charge is -2.10. The topological polar surface area (TPSA) is 24.1 Å². The molecule has 0 aromatic heterocycles. The average molecular weight is 127 g/mol. The van der Waals surface area contributed by atoms with Crippen LogP contribution in [0.3, 0.4) is 0 Å². The molecule has 0 aromatic rings. The van der Waals surface area contributed by atoms with Gasteiger partial charge in [0.05, 0.1) is 0 Å². The maximum Gasteiger partial charge on any atom is 0.130 e. The van der Waals surface area contributed by atoms with Crippen molar-refractivity contribution in [3.8, 4) is 0 Å². The minimum atomic E-state index is 0.469. The van der Waals surface area contributed by atoms with Crippen molar-refractivity contribution in [3.63, 3.8) is 0 Å². The number of nitrogens with one attached hydrogen (secondary N) is 2. The van der Waals surface area contributed by atoms with Gasteiger partial charge in [-0.15, -0.1) is 0 Å². The standard InChI is InChI=1S/C6H16BN2/c1-4-5-8-9-6(2)7-3/h6,8-9H,4-5H2,1-3H3. The molecule has 0 rings (SSSR count). The lowest BCUT2D eigenvalue weighted by molar-refractivity contribution is 0.520. The fraction of sp³-hybridized carbons (Fsp3) is 1.00. The summed E-state index contributed by atoms with van der Waals surface area (Å²) in [6, 6.07) is 0. The van der Waals surface area contributed by atoms with E-state index in [9.17, 15) is 0 Å². The van der Waals surface area contributed by atoms with Gasteiger partial charge in [0.25, 0.3) is 0 Å². The van der Waals surface area contributed by atoms with E-state index < -0.39 is 0 Å². The van der Waals surface area contributed by atoms with Crippen molar-refractivity contribution in [2.45, 2.75) is 33.0 Å². The maximum absolute atomic E-state index is 3.13. The van der Waals surface area contributed by atoms with Gasteiger partial charge in [-0.25, -0.2) is 0 Å². The first-order valence-electron chi connectivity index (χ1n) is 3.59. The fourth-order valence-electron chi connectivity index (χ4n) is 0.441. The summed E-state index contributed by atoms with van der Waals surface area (Å²) < 4.78 is 0. The van der Waals surface area contributed by atoms with Gasteiger partial charge in [0, 0.05) is 6.54 Å². The van der Waals surface area contributed by atoms with Crippen molar-refractivity contribution < 1.29 is 0 Å². The third-order valence-electron chi connectivity index (χ3n) is 1.20. The molecule has 3 heteroatoms. The molecule has 1 atom stereocenters. The summed E-state index contributed by atoms with van der Waals surface area (Å²) >= 11 is 0. The Morgan fingerprint density at radius 3 is 2.67 bits per heavy atom.